The van der Waals surface area contributed by atoms with Crippen LogP contribution in [0.4, 0.5) is 0 Å². The first-order chi connectivity index (χ1) is 14.5. The number of benzene rings is 1. The number of carbonyl (C=O) groups excluding carboxylic acids is 1. The lowest BCUT2D eigenvalue weighted by Crippen LogP contribution is -2.30. The summed E-state index contributed by atoms with van der Waals surface area (Å²) in [6, 6.07) is 11.7. The van der Waals surface area contributed by atoms with Crippen molar-refractivity contribution in [2.45, 2.75) is 33.4 Å². The van der Waals surface area contributed by atoms with Gasteiger partial charge in [0.25, 0.3) is 5.89 Å². The highest BCUT2D eigenvalue weighted by molar-refractivity contribution is 5.76. The maximum Gasteiger partial charge on any atom is 0.259 e. The van der Waals surface area contributed by atoms with E-state index in [9.17, 15) is 4.79 Å². The van der Waals surface area contributed by atoms with Crippen molar-refractivity contribution >= 4 is 5.91 Å². The van der Waals surface area contributed by atoms with E-state index in [0.717, 1.165) is 11.1 Å². The Morgan fingerprint density at radius 2 is 1.97 bits per heavy atom. The van der Waals surface area contributed by atoms with Crippen LogP contribution in [0.3, 0.4) is 0 Å². The third kappa shape index (κ3) is 4.27. The van der Waals surface area contributed by atoms with Gasteiger partial charge >= 0.3 is 0 Å². The van der Waals surface area contributed by atoms with Crippen molar-refractivity contribution in [2.75, 3.05) is 0 Å². The van der Waals surface area contributed by atoms with Crippen LogP contribution in [0.2, 0.25) is 0 Å². The van der Waals surface area contributed by atoms with Crippen LogP contribution in [0.25, 0.3) is 23.0 Å². The Hall–Kier alpha value is -3.81. The Labute approximate surface area is 174 Å². The Balaban J connectivity index is 1.44. The summed E-state index contributed by atoms with van der Waals surface area (Å²) in [6.45, 7) is 5.99. The average molecular weight is 402 g/mol. The van der Waals surface area contributed by atoms with Gasteiger partial charge in [-0.2, -0.15) is 4.98 Å². The lowest BCUT2D eigenvalue weighted by Gasteiger charge is -2.15. The normalized spacial score (nSPS) is 12.0. The number of hydrogen-bond donors (Lipinski definition) is 1. The van der Waals surface area contributed by atoms with Crippen LogP contribution in [-0.2, 0) is 11.3 Å². The summed E-state index contributed by atoms with van der Waals surface area (Å²) >= 11 is 0. The lowest BCUT2D eigenvalue weighted by atomic mass is 10.1. The van der Waals surface area contributed by atoms with E-state index < -0.39 is 0 Å². The molecule has 1 aromatic carbocycles. The number of aromatic nitrogens is 5. The maximum atomic E-state index is 12.5. The van der Waals surface area contributed by atoms with E-state index in [1.54, 1.807) is 29.2 Å². The van der Waals surface area contributed by atoms with E-state index in [4.69, 9.17) is 4.52 Å². The highest BCUT2D eigenvalue weighted by Crippen LogP contribution is 2.21. The molecular weight excluding hydrogens is 380 g/mol. The fraction of sp³-hybridized carbons (Fsp3) is 0.227. The minimum Gasteiger partial charge on any atom is -0.348 e. The number of pyridine rings is 1. The molecule has 0 fully saturated rings. The van der Waals surface area contributed by atoms with Crippen molar-refractivity contribution in [3.8, 4) is 23.0 Å². The number of hydrogen-bond acceptors (Lipinski definition) is 6. The molecule has 1 N–H and O–H groups in total. The van der Waals surface area contributed by atoms with Crippen LogP contribution in [0.1, 0.15) is 29.9 Å². The first-order valence-corrected chi connectivity index (χ1v) is 9.64. The van der Waals surface area contributed by atoms with Crippen molar-refractivity contribution < 1.29 is 9.32 Å². The molecular formula is C22H22N6O2. The SMILES string of the molecule is Cc1ccc([C@@H](C)NC(=O)Cn2cc(-c3noc(-c4cccnc4)n3)nc2C)cc1. The second-order valence-electron chi connectivity index (χ2n) is 7.17. The summed E-state index contributed by atoms with van der Waals surface area (Å²) in [7, 11) is 0. The molecule has 152 valence electrons. The quantitative estimate of drug-likeness (QED) is 0.530. The molecule has 0 unspecified atom stereocenters. The fourth-order valence-corrected chi connectivity index (χ4v) is 3.09. The summed E-state index contributed by atoms with van der Waals surface area (Å²) in [5.41, 5.74) is 3.53. The van der Waals surface area contributed by atoms with Gasteiger partial charge in [-0.25, -0.2) is 4.98 Å². The van der Waals surface area contributed by atoms with E-state index >= 15 is 0 Å². The van der Waals surface area contributed by atoms with Gasteiger partial charge in [-0.1, -0.05) is 35.0 Å². The zero-order chi connectivity index (χ0) is 21.1. The molecule has 0 spiro atoms. The van der Waals surface area contributed by atoms with Gasteiger partial charge in [-0.3, -0.25) is 9.78 Å². The molecule has 0 bridgehead atoms. The Morgan fingerprint density at radius 3 is 2.70 bits per heavy atom. The number of aryl methyl sites for hydroxylation is 2. The summed E-state index contributed by atoms with van der Waals surface area (Å²) in [5, 5.41) is 7.02. The predicted octanol–water partition coefficient (Wildman–Crippen LogP) is 3.49. The van der Waals surface area contributed by atoms with Gasteiger partial charge in [0.05, 0.1) is 11.6 Å². The second kappa shape index (κ2) is 8.28. The molecule has 0 radical (unpaired) electrons. The number of rotatable bonds is 6. The van der Waals surface area contributed by atoms with Gasteiger partial charge in [0.2, 0.25) is 11.7 Å². The molecule has 30 heavy (non-hydrogen) atoms. The Morgan fingerprint density at radius 1 is 1.17 bits per heavy atom. The minimum atomic E-state index is -0.0979. The van der Waals surface area contributed by atoms with Crippen molar-refractivity contribution in [1.82, 2.24) is 30.0 Å². The van der Waals surface area contributed by atoms with E-state index in [-0.39, 0.29) is 18.5 Å². The smallest absolute Gasteiger partial charge is 0.259 e. The number of nitrogens with zero attached hydrogens (tertiary/aromatic N) is 5. The maximum absolute atomic E-state index is 12.5. The van der Waals surface area contributed by atoms with Crippen molar-refractivity contribution in [3.05, 3.63) is 71.9 Å². The largest absolute Gasteiger partial charge is 0.348 e. The third-order valence-electron chi connectivity index (χ3n) is 4.81. The number of carbonyl (C=O) groups is 1. The van der Waals surface area contributed by atoms with Crippen molar-refractivity contribution in [3.63, 3.8) is 0 Å². The number of imidazole rings is 1. The van der Waals surface area contributed by atoms with Gasteiger partial charge < -0.3 is 14.4 Å². The minimum absolute atomic E-state index is 0.0827. The summed E-state index contributed by atoms with van der Waals surface area (Å²) in [5.74, 6) is 1.33. The standard InChI is InChI=1S/C22H22N6O2/c1-14-6-8-17(9-7-14)15(2)24-20(29)13-28-12-19(25-16(28)3)21-26-22(30-27-21)18-5-4-10-23-11-18/h4-12,15H,13H2,1-3H3,(H,24,29)/t15-/m1/s1. The molecule has 1 atom stereocenters. The second-order valence-corrected chi connectivity index (χ2v) is 7.17. The zero-order valence-electron chi connectivity index (χ0n) is 17.0. The zero-order valence-corrected chi connectivity index (χ0v) is 17.0. The van der Waals surface area contributed by atoms with Gasteiger partial charge in [0, 0.05) is 18.6 Å². The monoisotopic (exact) mass is 402 g/mol. The highest BCUT2D eigenvalue weighted by Gasteiger charge is 2.16. The predicted molar refractivity (Wildman–Crippen MR) is 111 cm³/mol. The van der Waals surface area contributed by atoms with Crippen LogP contribution >= 0.6 is 0 Å². The van der Waals surface area contributed by atoms with E-state index in [0.29, 0.717) is 23.2 Å². The molecule has 3 aromatic heterocycles. The molecule has 8 nitrogen and oxygen atoms in total. The molecule has 0 saturated carbocycles. The van der Waals surface area contributed by atoms with Crippen LogP contribution < -0.4 is 5.32 Å². The Kier molecular flexibility index (Phi) is 5.38. The third-order valence-corrected chi connectivity index (χ3v) is 4.81. The summed E-state index contributed by atoms with van der Waals surface area (Å²) in [4.78, 5) is 25.4. The van der Waals surface area contributed by atoms with Crippen LogP contribution in [0.15, 0.2) is 59.5 Å². The first-order valence-electron chi connectivity index (χ1n) is 9.64. The van der Waals surface area contributed by atoms with E-state index in [1.165, 1.54) is 5.56 Å². The van der Waals surface area contributed by atoms with Crippen LogP contribution in [0, 0.1) is 13.8 Å². The molecule has 0 aliphatic heterocycles. The van der Waals surface area contributed by atoms with E-state index in [1.807, 2.05) is 51.1 Å². The van der Waals surface area contributed by atoms with Gasteiger partial charge in [-0.05, 0) is 38.5 Å². The molecule has 4 aromatic rings. The van der Waals surface area contributed by atoms with Gasteiger partial charge in [0.1, 0.15) is 18.1 Å². The molecule has 4 rings (SSSR count). The van der Waals surface area contributed by atoms with Crippen molar-refractivity contribution in [2.24, 2.45) is 0 Å². The summed E-state index contributed by atoms with van der Waals surface area (Å²) in [6.07, 6.45) is 5.08. The molecule has 1 amide bonds. The van der Waals surface area contributed by atoms with Crippen molar-refractivity contribution in [1.29, 1.82) is 0 Å². The average Bonchev–Trinajstić information content (AvgIpc) is 3.36. The van der Waals surface area contributed by atoms with Gasteiger partial charge in [0.15, 0.2) is 0 Å². The summed E-state index contributed by atoms with van der Waals surface area (Å²) < 4.78 is 7.09. The molecule has 8 heteroatoms. The fourth-order valence-electron chi connectivity index (χ4n) is 3.09. The first kappa shape index (κ1) is 19.5. The molecule has 0 aliphatic carbocycles. The van der Waals surface area contributed by atoms with E-state index in [2.05, 4.69) is 25.4 Å². The van der Waals surface area contributed by atoms with Crippen LogP contribution in [-0.4, -0.2) is 30.6 Å². The highest BCUT2D eigenvalue weighted by atomic mass is 16.5. The molecule has 0 saturated heterocycles. The van der Waals surface area contributed by atoms with Crippen LogP contribution in [0.5, 0.6) is 0 Å². The van der Waals surface area contributed by atoms with Gasteiger partial charge in [-0.15, -0.1) is 0 Å². The lowest BCUT2D eigenvalue weighted by molar-refractivity contribution is -0.122. The topological polar surface area (TPSA) is 98.7 Å². The number of nitrogens with one attached hydrogen (secondary N) is 1. The number of amides is 1. The molecule has 3 heterocycles. The molecule has 0 aliphatic rings. The Bertz CT molecular complexity index is 1150.